The average Bonchev–Trinajstić information content (AvgIpc) is 2.78. The number of anilines is 2. The summed E-state index contributed by atoms with van der Waals surface area (Å²) < 4.78 is 14.2. The van der Waals surface area contributed by atoms with Crippen LogP contribution >= 0.6 is 7.82 Å². The van der Waals surface area contributed by atoms with Crippen molar-refractivity contribution in [2.45, 2.75) is 58.8 Å². The third-order valence-corrected chi connectivity index (χ3v) is 5.32. The van der Waals surface area contributed by atoms with Crippen molar-refractivity contribution in [3.63, 3.8) is 0 Å². The first-order valence-electron chi connectivity index (χ1n) is 12.4. The number of nitrogens with zero attached hydrogens (tertiary/aromatic N) is 3. The average molecular weight is 540 g/mol. The Morgan fingerprint density at radius 1 is 1.05 bits per heavy atom. The number of ether oxygens (including phenoxy) is 1. The van der Waals surface area contributed by atoms with Gasteiger partial charge in [-0.2, -0.15) is 4.98 Å². The summed E-state index contributed by atoms with van der Waals surface area (Å²) in [7, 11) is -0.551. The number of nitrogen functional groups attached to an aromatic ring is 1. The predicted molar refractivity (Wildman–Crippen MR) is 145 cm³/mol. The monoisotopic (exact) mass is 539 g/mol. The van der Waals surface area contributed by atoms with Crippen LogP contribution in [-0.2, 0) is 26.9 Å². The number of carbonyl (C=O) groups is 1. The molecule has 0 aliphatic rings. The van der Waals surface area contributed by atoms with E-state index in [9.17, 15) is 4.79 Å². The first-order valence-corrected chi connectivity index (χ1v) is 14.0. The van der Waals surface area contributed by atoms with Crippen molar-refractivity contribution in [1.29, 1.82) is 0 Å². The number of unbranched alkanes of at least 4 members (excludes halogenated alkanes) is 3. The van der Waals surface area contributed by atoms with Gasteiger partial charge >= 0.3 is 13.8 Å². The van der Waals surface area contributed by atoms with Crippen molar-refractivity contribution in [1.82, 2.24) is 14.9 Å². The normalized spacial score (nSPS) is 11.1. The fraction of sp³-hybridized carbons (Fsp3) is 0.560. The van der Waals surface area contributed by atoms with Crippen LogP contribution in [-0.4, -0.2) is 69.3 Å². The molecule has 0 atom stereocenters. The molecule has 0 saturated carbocycles. The first kappa shape index (κ1) is 32.5. The molecule has 11 nitrogen and oxygen atoms in total. The Morgan fingerprint density at radius 2 is 1.68 bits per heavy atom. The van der Waals surface area contributed by atoms with Gasteiger partial charge in [-0.1, -0.05) is 44.0 Å². The molecule has 12 heteroatoms. The van der Waals surface area contributed by atoms with Gasteiger partial charge in [0.15, 0.2) is 0 Å². The molecule has 2 aromatic rings. The molecular formula is C25H42N5O6P. The summed E-state index contributed by atoms with van der Waals surface area (Å²) >= 11 is 0. The van der Waals surface area contributed by atoms with Crippen LogP contribution in [0.1, 0.15) is 61.4 Å². The number of rotatable bonds is 14. The van der Waals surface area contributed by atoms with E-state index in [2.05, 4.69) is 39.2 Å². The third kappa shape index (κ3) is 16.0. The predicted octanol–water partition coefficient (Wildman–Crippen LogP) is 3.06. The highest BCUT2D eigenvalue weighted by molar-refractivity contribution is 7.45. The molecule has 0 unspecified atom stereocenters. The molecule has 1 aromatic heterocycles. The van der Waals surface area contributed by atoms with Gasteiger partial charge in [0, 0.05) is 24.2 Å². The van der Waals surface area contributed by atoms with Gasteiger partial charge in [-0.25, -0.2) is 9.55 Å². The zero-order valence-electron chi connectivity index (χ0n) is 22.3. The van der Waals surface area contributed by atoms with Crippen LogP contribution in [0.5, 0.6) is 0 Å². The summed E-state index contributed by atoms with van der Waals surface area (Å²) in [5.74, 6) is 0.928. The lowest BCUT2D eigenvalue weighted by Gasteiger charge is -2.14. The van der Waals surface area contributed by atoms with Gasteiger partial charge in [0.25, 0.3) is 0 Å². The minimum atomic E-state index is -4.64. The maximum Gasteiger partial charge on any atom is 0.466 e. The number of nitrogens with one attached hydrogen (secondary N) is 1. The van der Waals surface area contributed by atoms with Crippen molar-refractivity contribution in [3.05, 3.63) is 46.6 Å². The second kappa shape index (κ2) is 17.0. The number of hydrogen-bond acceptors (Lipinski definition) is 8. The van der Waals surface area contributed by atoms with Crippen LogP contribution in [0.3, 0.4) is 0 Å². The molecule has 0 saturated heterocycles. The van der Waals surface area contributed by atoms with Gasteiger partial charge in [0.1, 0.15) is 5.82 Å². The van der Waals surface area contributed by atoms with Gasteiger partial charge < -0.3 is 35.4 Å². The van der Waals surface area contributed by atoms with E-state index in [1.54, 1.807) is 0 Å². The summed E-state index contributed by atoms with van der Waals surface area (Å²) in [6.07, 6.45) is 6.37. The maximum absolute atomic E-state index is 12.1. The third-order valence-electron chi connectivity index (χ3n) is 5.32. The molecule has 1 heterocycles. The molecular weight excluding hydrogens is 497 g/mol. The standard InChI is InChI=1S/C25H39N5O2.H3O4P/c1-5-6-7-14-27-24-22(19(2)28-25(26)29-24)17-20-10-12-21(13-11-20)18-23(31)32-16-9-8-15-30(3)4;1-5(2,3)4/h10-13H,5-9,14-18H2,1-4H3,(H3,26,27,28,29);(H3,1,2,3,4). The molecule has 6 N–H and O–H groups in total. The summed E-state index contributed by atoms with van der Waals surface area (Å²) in [5.41, 5.74) is 9.91. The molecule has 1 aromatic carbocycles. The van der Waals surface area contributed by atoms with E-state index in [1.165, 1.54) is 12.8 Å². The number of aryl methyl sites for hydroxylation is 1. The molecule has 37 heavy (non-hydrogen) atoms. The highest BCUT2D eigenvalue weighted by atomic mass is 31.2. The second-order valence-electron chi connectivity index (χ2n) is 9.04. The Morgan fingerprint density at radius 3 is 2.27 bits per heavy atom. The minimum Gasteiger partial charge on any atom is -0.465 e. The molecule has 0 aliphatic heterocycles. The van der Waals surface area contributed by atoms with E-state index < -0.39 is 7.82 Å². The van der Waals surface area contributed by atoms with E-state index in [0.29, 0.717) is 25.4 Å². The number of aromatic nitrogens is 2. The molecule has 0 aliphatic carbocycles. The number of hydrogen-bond donors (Lipinski definition) is 5. The van der Waals surface area contributed by atoms with Crippen molar-refractivity contribution in [2.24, 2.45) is 0 Å². The lowest BCUT2D eigenvalue weighted by atomic mass is 10.0. The number of carbonyl (C=O) groups excluding carboxylic acids is 1. The highest BCUT2D eigenvalue weighted by Crippen LogP contribution is 2.26. The first-order chi connectivity index (χ1) is 17.4. The van der Waals surface area contributed by atoms with Gasteiger partial charge in [-0.05, 0) is 58.0 Å². The van der Waals surface area contributed by atoms with E-state index in [0.717, 1.165) is 60.6 Å². The van der Waals surface area contributed by atoms with E-state index in [1.807, 2.05) is 33.2 Å². The van der Waals surface area contributed by atoms with Crippen LogP contribution in [0.15, 0.2) is 24.3 Å². The molecule has 0 spiro atoms. The highest BCUT2D eigenvalue weighted by Gasteiger charge is 2.12. The molecule has 0 bridgehead atoms. The minimum absolute atomic E-state index is 0.177. The van der Waals surface area contributed by atoms with E-state index in [-0.39, 0.29) is 5.97 Å². The largest absolute Gasteiger partial charge is 0.466 e. The van der Waals surface area contributed by atoms with Crippen LogP contribution in [0.25, 0.3) is 0 Å². The Kier molecular flexibility index (Phi) is 15.0. The van der Waals surface area contributed by atoms with Crippen molar-refractivity contribution >= 4 is 25.6 Å². The van der Waals surface area contributed by atoms with Gasteiger partial charge in [0.2, 0.25) is 5.95 Å². The Labute approximate surface area is 219 Å². The summed E-state index contributed by atoms with van der Waals surface area (Å²) in [5, 5.41) is 3.43. The van der Waals surface area contributed by atoms with Crippen LogP contribution < -0.4 is 11.1 Å². The second-order valence-corrected chi connectivity index (χ2v) is 10.1. The number of esters is 1. The quantitative estimate of drug-likeness (QED) is 0.136. The smallest absolute Gasteiger partial charge is 0.465 e. The van der Waals surface area contributed by atoms with Crippen molar-refractivity contribution < 1.29 is 28.8 Å². The lowest BCUT2D eigenvalue weighted by Crippen LogP contribution is -2.14. The van der Waals surface area contributed by atoms with E-state index >= 15 is 0 Å². The molecule has 2 rings (SSSR count). The molecule has 0 radical (unpaired) electrons. The van der Waals surface area contributed by atoms with Gasteiger partial charge in [0.05, 0.1) is 13.0 Å². The summed E-state index contributed by atoms with van der Waals surface area (Å²) in [6, 6.07) is 8.08. The fourth-order valence-corrected chi connectivity index (χ4v) is 3.47. The van der Waals surface area contributed by atoms with Crippen molar-refractivity contribution in [2.75, 3.05) is 44.8 Å². The van der Waals surface area contributed by atoms with Gasteiger partial charge in [-0.3, -0.25) is 4.79 Å². The molecule has 0 amide bonds. The summed E-state index contributed by atoms with van der Waals surface area (Å²) in [6.45, 7) is 6.51. The molecule has 208 valence electrons. The maximum atomic E-state index is 12.1. The topological polar surface area (TPSA) is 171 Å². The Balaban J connectivity index is 0.00000124. The van der Waals surface area contributed by atoms with Gasteiger partial charge in [-0.15, -0.1) is 0 Å². The summed E-state index contributed by atoms with van der Waals surface area (Å²) in [4.78, 5) is 44.6. The van der Waals surface area contributed by atoms with Crippen LogP contribution in [0, 0.1) is 6.92 Å². The number of phosphoric acid groups is 1. The van der Waals surface area contributed by atoms with E-state index in [4.69, 9.17) is 29.7 Å². The zero-order chi connectivity index (χ0) is 27.8. The Bertz CT molecular complexity index is 990. The number of benzene rings is 1. The zero-order valence-corrected chi connectivity index (χ0v) is 23.2. The Hall–Kier alpha value is -2.56. The van der Waals surface area contributed by atoms with Crippen LogP contribution in [0.4, 0.5) is 11.8 Å². The SMILES string of the molecule is CCCCCNc1nc(N)nc(C)c1Cc1ccc(CC(=O)OCCCCN(C)C)cc1.O=P(O)(O)O. The molecule has 0 fully saturated rings. The fourth-order valence-electron chi connectivity index (χ4n) is 3.47. The number of nitrogens with two attached hydrogens (primary N) is 1. The lowest BCUT2D eigenvalue weighted by molar-refractivity contribution is -0.142. The van der Waals surface area contributed by atoms with Crippen LogP contribution in [0.2, 0.25) is 0 Å². The van der Waals surface area contributed by atoms with Crippen molar-refractivity contribution in [3.8, 4) is 0 Å².